The van der Waals surface area contributed by atoms with Crippen LogP contribution >= 0.6 is 11.6 Å². The first kappa shape index (κ1) is 28.4. The molecule has 2 aromatic carbocycles. The summed E-state index contributed by atoms with van der Waals surface area (Å²) < 4.78 is 12.8. The number of carbonyl (C=O) groups excluding carboxylic acids is 2. The molecule has 44 heavy (non-hydrogen) atoms. The molecule has 1 N–H and O–H groups in total. The molecular formula is C33H31ClN4O6. The second-order valence-corrected chi connectivity index (χ2v) is 11.8. The molecule has 1 amide bonds. The number of nitrogens with zero attached hydrogens (tertiary/aromatic N) is 4. The predicted octanol–water partition coefficient (Wildman–Crippen LogP) is 4.62. The normalized spacial score (nSPS) is 19.0. The maximum absolute atomic E-state index is 13.6. The molecule has 7 rings (SSSR count). The monoisotopic (exact) mass is 614 g/mol. The van der Waals surface area contributed by atoms with Gasteiger partial charge in [-0.25, -0.2) is 14.6 Å². The van der Waals surface area contributed by atoms with Gasteiger partial charge in [0.2, 0.25) is 0 Å². The fraction of sp³-hybridized carbons (Fsp3) is 0.333. The summed E-state index contributed by atoms with van der Waals surface area (Å²) >= 11 is 6.03. The van der Waals surface area contributed by atoms with E-state index in [-0.39, 0.29) is 36.3 Å². The molecule has 3 aliphatic rings. The fourth-order valence-electron chi connectivity index (χ4n) is 6.43. The van der Waals surface area contributed by atoms with E-state index in [4.69, 9.17) is 26.1 Å². The number of hydrogen-bond donors (Lipinski definition) is 1. The van der Waals surface area contributed by atoms with Gasteiger partial charge in [-0.2, -0.15) is 0 Å². The fourth-order valence-corrected chi connectivity index (χ4v) is 6.56. The lowest BCUT2D eigenvalue weighted by atomic mass is 9.86. The van der Waals surface area contributed by atoms with Gasteiger partial charge in [0, 0.05) is 53.4 Å². The lowest BCUT2D eigenvalue weighted by Crippen LogP contribution is -2.49. The Morgan fingerprint density at radius 2 is 1.82 bits per heavy atom. The van der Waals surface area contributed by atoms with Gasteiger partial charge in [-0.3, -0.25) is 4.79 Å². The number of aliphatic hydroxyl groups is 1. The van der Waals surface area contributed by atoms with Gasteiger partial charge >= 0.3 is 12.1 Å². The number of halogens is 1. The Morgan fingerprint density at radius 1 is 1.07 bits per heavy atom. The number of hydrogen-bond acceptors (Lipinski definition) is 8. The van der Waals surface area contributed by atoms with Crippen LogP contribution in [-0.2, 0) is 34.7 Å². The molecule has 10 nitrogen and oxygen atoms in total. The molecule has 0 bridgehead atoms. The summed E-state index contributed by atoms with van der Waals surface area (Å²) in [5, 5.41) is 12.5. The Kier molecular flexibility index (Phi) is 6.86. The molecule has 1 fully saturated rings. The van der Waals surface area contributed by atoms with Crippen molar-refractivity contribution in [2.24, 2.45) is 0 Å². The van der Waals surface area contributed by atoms with Crippen LogP contribution in [0.25, 0.3) is 22.3 Å². The average Bonchev–Trinajstić information content (AvgIpc) is 3.40. The van der Waals surface area contributed by atoms with Gasteiger partial charge in [0.05, 0.1) is 29.0 Å². The Balaban J connectivity index is 1.20. The molecule has 226 valence electrons. The summed E-state index contributed by atoms with van der Waals surface area (Å²) in [4.78, 5) is 48.3. The number of fused-ring (bicyclic) bond motifs is 5. The SMILES string of the molecule is CCc1ccc(OC(=O)N2CCN(c3ccc(Cl)cc3)CC2)c2cc3c(nc12)-c1cc2c(c(=O)n1C3)COC(=O)[C@]2(O)CC. The summed E-state index contributed by atoms with van der Waals surface area (Å²) in [5.41, 5.74) is 2.96. The second-order valence-electron chi connectivity index (χ2n) is 11.4. The van der Waals surface area contributed by atoms with Gasteiger partial charge in [0.25, 0.3) is 5.56 Å². The van der Waals surface area contributed by atoms with Gasteiger partial charge in [-0.05, 0) is 60.9 Å². The number of ether oxygens (including phenoxy) is 2. The third kappa shape index (κ3) is 4.43. The minimum Gasteiger partial charge on any atom is -0.458 e. The maximum Gasteiger partial charge on any atom is 0.415 e. The number of benzene rings is 2. The number of anilines is 1. The lowest BCUT2D eigenvalue weighted by Gasteiger charge is -2.35. The molecule has 11 heteroatoms. The Hall–Kier alpha value is -4.41. The third-order valence-electron chi connectivity index (χ3n) is 9.03. The van der Waals surface area contributed by atoms with E-state index in [1.54, 1.807) is 28.5 Å². The Labute approximate surface area is 258 Å². The summed E-state index contributed by atoms with van der Waals surface area (Å²) in [7, 11) is 0. The number of pyridine rings is 2. The number of carbonyl (C=O) groups is 2. The van der Waals surface area contributed by atoms with Crippen LogP contribution in [0.15, 0.2) is 53.3 Å². The molecule has 0 aliphatic carbocycles. The van der Waals surface area contributed by atoms with Crippen molar-refractivity contribution in [2.45, 2.75) is 45.4 Å². The Morgan fingerprint density at radius 3 is 2.52 bits per heavy atom. The highest BCUT2D eigenvalue weighted by Crippen LogP contribution is 2.40. The first-order valence-electron chi connectivity index (χ1n) is 14.8. The van der Waals surface area contributed by atoms with E-state index >= 15 is 0 Å². The van der Waals surface area contributed by atoms with Crippen molar-refractivity contribution in [3.8, 4) is 17.1 Å². The van der Waals surface area contributed by atoms with Crippen LogP contribution in [0.1, 0.15) is 42.5 Å². The topological polar surface area (TPSA) is 114 Å². The highest BCUT2D eigenvalue weighted by atomic mass is 35.5. The maximum atomic E-state index is 13.6. The van der Waals surface area contributed by atoms with Crippen LogP contribution in [0.5, 0.6) is 5.75 Å². The van der Waals surface area contributed by atoms with Crippen LogP contribution in [0.3, 0.4) is 0 Å². The number of amides is 1. The first-order valence-corrected chi connectivity index (χ1v) is 15.2. The molecule has 1 atom stereocenters. The third-order valence-corrected chi connectivity index (χ3v) is 9.28. The van der Waals surface area contributed by atoms with E-state index in [2.05, 4.69) is 4.90 Å². The number of piperazine rings is 1. The van der Waals surface area contributed by atoms with Gasteiger partial charge in [0.15, 0.2) is 5.60 Å². The molecule has 5 heterocycles. The van der Waals surface area contributed by atoms with Crippen LogP contribution in [0.2, 0.25) is 5.02 Å². The highest BCUT2D eigenvalue weighted by Gasteiger charge is 2.45. The van der Waals surface area contributed by atoms with Crippen molar-refractivity contribution < 1.29 is 24.2 Å². The zero-order chi connectivity index (χ0) is 30.7. The molecule has 0 saturated carbocycles. The summed E-state index contributed by atoms with van der Waals surface area (Å²) in [6.45, 7) is 6.14. The number of esters is 1. The van der Waals surface area contributed by atoms with E-state index in [9.17, 15) is 19.5 Å². The average molecular weight is 615 g/mol. The zero-order valence-electron chi connectivity index (χ0n) is 24.4. The second kappa shape index (κ2) is 10.6. The Bertz CT molecular complexity index is 1900. The van der Waals surface area contributed by atoms with E-state index in [0.29, 0.717) is 65.7 Å². The number of rotatable bonds is 4. The molecule has 3 aliphatic heterocycles. The van der Waals surface area contributed by atoms with Crippen molar-refractivity contribution in [3.63, 3.8) is 0 Å². The smallest absolute Gasteiger partial charge is 0.415 e. The molecule has 0 radical (unpaired) electrons. The van der Waals surface area contributed by atoms with Crippen LogP contribution < -0.4 is 15.2 Å². The van der Waals surface area contributed by atoms with Gasteiger partial charge in [-0.1, -0.05) is 31.5 Å². The van der Waals surface area contributed by atoms with Crippen molar-refractivity contribution in [2.75, 3.05) is 31.1 Å². The first-order chi connectivity index (χ1) is 21.2. The van der Waals surface area contributed by atoms with Gasteiger partial charge < -0.3 is 28.9 Å². The van der Waals surface area contributed by atoms with Crippen LogP contribution in [0, 0.1) is 0 Å². The van der Waals surface area contributed by atoms with E-state index < -0.39 is 17.7 Å². The standard InChI is InChI=1S/C33H31ClN4O6/c1-3-19-5-10-27(44-32(41)37-13-11-36(12-14-37)22-8-6-21(34)7-9-22)23-15-20-17-38-26(29(20)35-28(19)23)16-25-24(30(38)39)18-43-31(40)33(25,42)4-2/h5-10,15-16,42H,3-4,11-14,17-18H2,1-2H3/t33-/m0/s1. The van der Waals surface area contributed by atoms with Crippen molar-refractivity contribution in [1.29, 1.82) is 0 Å². The van der Waals surface area contributed by atoms with Gasteiger partial charge in [-0.15, -0.1) is 0 Å². The van der Waals surface area contributed by atoms with Gasteiger partial charge in [0.1, 0.15) is 12.4 Å². The van der Waals surface area contributed by atoms with E-state index in [0.717, 1.165) is 16.8 Å². The van der Waals surface area contributed by atoms with Crippen molar-refractivity contribution >= 4 is 40.3 Å². The predicted molar refractivity (Wildman–Crippen MR) is 165 cm³/mol. The minimum atomic E-state index is -1.89. The van der Waals surface area contributed by atoms with Crippen molar-refractivity contribution in [1.82, 2.24) is 14.5 Å². The van der Waals surface area contributed by atoms with E-state index in [1.807, 2.05) is 43.3 Å². The quantitative estimate of drug-likeness (QED) is 0.292. The molecule has 0 spiro atoms. The van der Waals surface area contributed by atoms with Crippen molar-refractivity contribution in [3.05, 3.63) is 86.2 Å². The van der Waals surface area contributed by atoms with Crippen LogP contribution in [-0.4, -0.2) is 57.8 Å². The van der Waals surface area contributed by atoms with E-state index in [1.165, 1.54) is 0 Å². The number of cyclic esters (lactones) is 1. The number of aryl methyl sites for hydroxylation is 1. The highest BCUT2D eigenvalue weighted by molar-refractivity contribution is 6.30. The zero-order valence-corrected chi connectivity index (χ0v) is 25.2. The molecular weight excluding hydrogens is 584 g/mol. The van der Waals surface area contributed by atoms with Crippen LogP contribution in [0.4, 0.5) is 10.5 Å². The number of aromatic nitrogens is 2. The molecule has 0 unspecified atom stereocenters. The summed E-state index contributed by atoms with van der Waals surface area (Å²) in [6, 6.07) is 15.0. The summed E-state index contributed by atoms with van der Waals surface area (Å²) in [6.07, 6.45) is 0.342. The summed E-state index contributed by atoms with van der Waals surface area (Å²) in [5.74, 6) is -0.354. The molecule has 2 aromatic heterocycles. The lowest BCUT2D eigenvalue weighted by molar-refractivity contribution is -0.172. The molecule has 4 aromatic rings. The minimum absolute atomic E-state index is 0.0740. The largest absolute Gasteiger partial charge is 0.458 e. The molecule has 1 saturated heterocycles.